The monoisotopic (exact) mass is 343 g/mol. The average molecular weight is 343 g/mol. The number of amides is 1. The minimum Gasteiger partial charge on any atom is -0.469 e. The van der Waals surface area contributed by atoms with Gasteiger partial charge in [-0.3, -0.25) is 9.59 Å². The molecule has 25 heavy (non-hydrogen) atoms. The van der Waals surface area contributed by atoms with E-state index in [2.05, 4.69) is 0 Å². The van der Waals surface area contributed by atoms with E-state index in [1.807, 2.05) is 35.2 Å². The summed E-state index contributed by atoms with van der Waals surface area (Å²) in [5.41, 5.74) is 1.05. The Kier molecular flexibility index (Phi) is 4.50. The van der Waals surface area contributed by atoms with Gasteiger partial charge in [0, 0.05) is 31.3 Å². The molecule has 3 saturated heterocycles. The van der Waals surface area contributed by atoms with Crippen molar-refractivity contribution in [3.05, 3.63) is 35.9 Å². The quantitative estimate of drug-likeness (QED) is 0.768. The molecular formula is C20H25NO4. The van der Waals surface area contributed by atoms with E-state index in [0.717, 1.165) is 31.5 Å². The van der Waals surface area contributed by atoms with Crippen LogP contribution in [-0.2, 0) is 25.5 Å². The minimum atomic E-state index is -0.423. The predicted octanol–water partition coefficient (Wildman–Crippen LogP) is 2.04. The van der Waals surface area contributed by atoms with Crippen molar-refractivity contribution in [2.24, 2.45) is 17.8 Å². The topological polar surface area (TPSA) is 55.8 Å². The number of rotatable bonds is 5. The summed E-state index contributed by atoms with van der Waals surface area (Å²) in [6, 6.07) is 9.80. The van der Waals surface area contributed by atoms with E-state index >= 15 is 0 Å². The number of methoxy groups -OCH3 is 1. The van der Waals surface area contributed by atoms with Crippen LogP contribution in [0.25, 0.3) is 0 Å². The van der Waals surface area contributed by atoms with Crippen LogP contribution in [0, 0.1) is 17.8 Å². The van der Waals surface area contributed by atoms with Crippen LogP contribution < -0.4 is 0 Å². The van der Waals surface area contributed by atoms with Gasteiger partial charge in [-0.2, -0.15) is 0 Å². The predicted molar refractivity (Wildman–Crippen MR) is 91.7 cm³/mol. The zero-order chi connectivity index (χ0) is 17.4. The summed E-state index contributed by atoms with van der Waals surface area (Å²) in [6.07, 6.45) is 3.70. The first-order valence-electron chi connectivity index (χ1n) is 9.20. The Hall–Kier alpha value is -1.88. The second-order valence-electron chi connectivity index (χ2n) is 7.53. The SMILES string of the molecule is COC(=O)[C@H](CC(=O)N1C[C@@H]2[C@@H](C1)[C@@H]1CC[C@@H]2O1)Cc1ccccc1. The number of esters is 1. The van der Waals surface area contributed by atoms with Gasteiger partial charge in [0.15, 0.2) is 0 Å². The van der Waals surface area contributed by atoms with Crippen molar-refractivity contribution in [1.29, 1.82) is 0 Å². The lowest BCUT2D eigenvalue weighted by molar-refractivity contribution is -0.148. The van der Waals surface area contributed by atoms with Gasteiger partial charge in [-0.05, 0) is 24.8 Å². The molecule has 0 saturated carbocycles. The maximum Gasteiger partial charge on any atom is 0.309 e. The van der Waals surface area contributed by atoms with Crippen LogP contribution in [0.5, 0.6) is 0 Å². The molecule has 3 aliphatic heterocycles. The smallest absolute Gasteiger partial charge is 0.309 e. The van der Waals surface area contributed by atoms with E-state index in [0.29, 0.717) is 30.5 Å². The average Bonchev–Trinajstić information content (AvgIpc) is 3.34. The van der Waals surface area contributed by atoms with Crippen LogP contribution in [-0.4, -0.2) is 49.2 Å². The number of hydrogen-bond acceptors (Lipinski definition) is 4. The molecule has 1 amide bonds. The van der Waals surface area contributed by atoms with Crippen molar-refractivity contribution in [2.75, 3.05) is 20.2 Å². The Morgan fingerprint density at radius 3 is 2.40 bits per heavy atom. The number of carbonyl (C=O) groups is 2. The van der Waals surface area contributed by atoms with Gasteiger partial charge in [0.05, 0.1) is 25.2 Å². The number of carbonyl (C=O) groups excluding carboxylic acids is 2. The van der Waals surface area contributed by atoms with Crippen molar-refractivity contribution in [1.82, 2.24) is 4.90 Å². The lowest BCUT2D eigenvalue weighted by Gasteiger charge is -2.21. The molecule has 0 radical (unpaired) electrons. The van der Waals surface area contributed by atoms with Crippen molar-refractivity contribution >= 4 is 11.9 Å². The standard InChI is InChI=1S/C20H25NO4/c1-24-20(23)14(9-13-5-3-2-4-6-13)10-19(22)21-11-15-16(12-21)18-8-7-17(15)25-18/h2-6,14-18H,7-12H2,1H3/t14-,15+,16+,17-,18-/m0/s1. The first-order valence-corrected chi connectivity index (χ1v) is 9.20. The number of nitrogens with zero attached hydrogens (tertiary/aromatic N) is 1. The van der Waals surface area contributed by atoms with Crippen molar-refractivity contribution < 1.29 is 19.1 Å². The lowest BCUT2D eigenvalue weighted by atomic mass is 9.82. The lowest BCUT2D eigenvalue weighted by Crippen LogP contribution is -2.34. The van der Waals surface area contributed by atoms with E-state index in [-0.39, 0.29) is 18.3 Å². The fraction of sp³-hybridized carbons (Fsp3) is 0.600. The molecule has 0 N–H and O–H groups in total. The molecular weight excluding hydrogens is 318 g/mol. The van der Waals surface area contributed by atoms with Crippen LogP contribution in [0.4, 0.5) is 0 Å². The Morgan fingerprint density at radius 2 is 1.80 bits per heavy atom. The number of ether oxygens (including phenoxy) is 2. The molecule has 5 heteroatoms. The molecule has 4 rings (SSSR count). The summed E-state index contributed by atoms with van der Waals surface area (Å²) in [4.78, 5) is 26.9. The number of fused-ring (bicyclic) bond motifs is 5. The fourth-order valence-electron chi connectivity index (χ4n) is 4.81. The van der Waals surface area contributed by atoms with Gasteiger partial charge in [-0.15, -0.1) is 0 Å². The third-order valence-corrected chi connectivity index (χ3v) is 6.09. The molecule has 134 valence electrons. The number of benzene rings is 1. The summed E-state index contributed by atoms with van der Waals surface area (Å²) in [6.45, 7) is 1.56. The first kappa shape index (κ1) is 16.6. The first-order chi connectivity index (χ1) is 12.2. The van der Waals surface area contributed by atoms with Gasteiger partial charge >= 0.3 is 5.97 Å². The molecule has 3 heterocycles. The molecule has 0 spiro atoms. The van der Waals surface area contributed by atoms with Crippen LogP contribution >= 0.6 is 0 Å². The molecule has 5 atom stereocenters. The summed E-state index contributed by atoms with van der Waals surface area (Å²) in [5.74, 6) is 0.329. The minimum absolute atomic E-state index is 0.0696. The third-order valence-electron chi connectivity index (χ3n) is 6.09. The maximum absolute atomic E-state index is 12.8. The third kappa shape index (κ3) is 3.17. The second kappa shape index (κ2) is 6.79. The Morgan fingerprint density at radius 1 is 1.16 bits per heavy atom. The van der Waals surface area contributed by atoms with Crippen LogP contribution in [0.15, 0.2) is 30.3 Å². The van der Waals surface area contributed by atoms with E-state index in [4.69, 9.17) is 9.47 Å². The highest BCUT2D eigenvalue weighted by Crippen LogP contribution is 2.47. The second-order valence-corrected chi connectivity index (χ2v) is 7.53. The molecule has 1 aromatic rings. The fourth-order valence-corrected chi connectivity index (χ4v) is 4.81. The van der Waals surface area contributed by atoms with Crippen molar-refractivity contribution in [3.8, 4) is 0 Å². The Balaban J connectivity index is 1.40. The van der Waals surface area contributed by atoms with Crippen molar-refractivity contribution in [2.45, 2.75) is 37.9 Å². The highest BCUT2D eigenvalue weighted by atomic mass is 16.5. The van der Waals surface area contributed by atoms with Gasteiger partial charge in [-0.1, -0.05) is 30.3 Å². The molecule has 2 bridgehead atoms. The highest BCUT2D eigenvalue weighted by Gasteiger charge is 2.53. The zero-order valence-electron chi connectivity index (χ0n) is 14.6. The summed E-state index contributed by atoms with van der Waals surface area (Å²) < 4.78 is 10.9. The molecule has 0 aliphatic carbocycles. The number of likely N-dealkylation sites (tertiary alicyclic amines) is 1. The van der Waals surface area contributed by atoms with Gasteiger partial charge in [0.2, 0.25) is 5.91 Å². The zero-order valence-corrected chi connectivity index (χ0v) is 14.6. The van der Waals surface area contributed by atoms with Gasteiger partial charge in [-0.25, -0.2) is 0 Å². The molecule has 3 fully saturated rings. The van der Waals surface area contributed by atoms with Gasteiger partial charge in [0.25, 0.3) is 0 Å². The van der Waals surface area contributed by atoms with Crippen molar-refractivity contribution in [3.63, 3.8) is 0 Å². The van der Waals surface area contributed by atoms with Crippen LogP contribution in [0.3, 0.4) is 0 Å². The van der Waals surface area contributed by atoms with E-state index in [9.17, 15) is 9.59 Å². The van der Waals surface area contributed by atoms with E-state index in [1.54, 1.807) is 0 Å². The Labute approximate surface area is 148 Å². The number of hydrogen-bond donors (Lipinski definition) is 0. The summed E-state index contributed by atoms with van der Waals surface area (Å²) >= 11 is 0. The van der Waals surface area contributed by atoms with E-state index in [1.165, 1.54) is 7.11 Å². The van der Waals surface area contributed by atoms with Gasteiger partial charge in [0.1, 0.15) is 0 Å². The highest BCUT2D eigenvalue weighted by molar-refractivity contribution is 5.83. The molecule has 5 nitrogen and oxygen atoms in total. The maximum atomic E-state index is 12.8. The van der Waals surface area contributed by atoms with Gasteiger partial charge < -0.3 is 14.4 Å². The summed E-state index contributed by atoms with van der Waals surface area (Å²) in [5, 5.41) is 0. The molecule has 3 aliphatic rings. The summed E-state index contributed by atoms with van der Waals surface area (Å²) in [7, 11) is 1.39. The van der Waals surface area contributed by atoms with E-state index < -0.39 is 5.92 Å². The Bertz CT molecular complexity index is 628. The van der Waals surface area contributed by atoms with Crippen LogP contribution in [0.2, 0.25) is 0 Å². The van der Waals surface area contributed by atoms with Crippen LogP contribution in [0.1, 0.15) is 24.8 Å². The largest absolute Gasteiger partial charge is 0.469 e. The normalized spacial score (nSPS) is 31.0. The molecule has 0 unspecified atom stereocenters. The molecule has 0 aromatic heterocycles. The molecule has 1 aromatic carbocycles.